The Balaban J connectivity index is 1.97. The zero-order valence-corrected chi connectivity index (χ0v) is 10.1. The van der Waals surface area contributed by atoms with E-state index in [0.717, 1.165) is 32.5 Å². The molecule has 1 heterocycles. The van der Waals surface area contributed by atoms with Gasteiger partial charge >= 0.3 is 0 Å². The molecule has 2 aliphatic rings. The first-order valence-electron chi connectivity index (χ1n) is 5.96. The smallest absolute Gasteiger partial charge is 0.120 e. The topological polar surface area (TPSA) is 30.5 Å². The van der Waals surface area contributed by atoms with Gasteiger partial charge in [-0.2, -0.15) is 0 Å². The summed E-state index contributed by atoms with van der Waals surface area (Å²) in [7, 11) is 1.77. The Morgan fingerprint density at radius 2 is 2.20 bits per heavy atom. The molecule has 2 atom stereocenters. The molecular formula is C12H23NO2. The predicted molar refractivity (Wildman–Crippen MR) is 59.7 cm³/mol. The molecule has 2 fully saturated rings. The number of rotatable bonds is 2. The van der Waals surface area contributed by atoms with Crippen molar-refractivity contribution in [2.24, 2.45) is 5.41 Å². The molecule has 0 aromatic carbocycles. The van der Waals surface area contributed by atoms with Crippen LogP contribution in [0.3, 0.4) is 0 Å². The summed E-state index contributed by atoms with van der Waals surface area (Å²) in [5, 5.41) is 3.64. The van der Waals surface area contributed by atoms with Crippen molar-refractivity contribution in [1.82, 2.24) is 5.32 Å². The number of hydrogen-bond donors (Lipinski definition) is 1. The van der Waals surface area contributed by atoms with Crippen molar-refractivity contribution < 1.29 is 9.47 Å². The molecule has 1 aliphatic heterocycles. The molecule has 0 radical (unpaired) electrons. The largest absolute Gasteiger partial charge is 0.383 e. The summed E-state index contributed by atoms with van der Waals surface area (Å²) in [4.78, 5) is 0. The quantitative estimate of drug-likeness (QED) is 0.760. The van der Waals surface area contributed by atoms with E-state index >= 15 is 0 Å². The van der Waals surface area contributed by atoms with Crippen LogP contribution in [0.2, 0.25) is 0 Å². The summed E-state index contributed by atoms with van der Waals surface area (Å²) in [5.41, 5.74) is 0.368. The third-order valence-corrected chi connectivity index (χ3v) is 3.65. The SMILES string of the molecule is COCC1CCOC2(CCC(C)(C)C2)N1. The lowest BCUT2D eigenvalue weighted by Gasteiger charge is -2.40. The molecule has 0 aromatic heterocycles. The van der Waals surface area contributed by atoms with E-state index in [1.54, 1.807) is 7.11 Å². The Morgan fingerprint density at radius 1 is 1.40 bits per heavy atom. The highest BCUT2D eigenvalue weighted by Gasteiger charge is 2.46. The first kappa shape index (κ1) is 11.4. The first-order chi connectivity index (χ1) is 7.05. The average Bonchev–Trinajstić information content (AvgIpc) is 2.42. The van der Waals surface area contributed by atoms with E-state index in [1.165, 1.54) is 6.42 Å². The lowest BCUT2D eigenvalue weighted by atomic mass is 9.90. The van der Waals surface area contributed by atoms with E-state index in [9.17, 15) is 0 Å². The molecule has 2 rings (SSSR count). The highest BCUT2D eigenvalue weighted by molar-refractivity contribution is 4.97. The average molecular weight is 213 g/mol. The lowest BCUT2D eigenvalue weighted by molar-refractivity contribution is -0.117. The van der Waals surface area contributed by atoms with Crippen molar-refractivity contribution in [2.75, 3.05) is 20.3 Å². The van der Waals surface area contributed by atoms with E-state index in [1.807, 2.05) is 0 Å². The molecule has 1 saturated heterocycles. The highest BCUT2D eigenvalue weighted by atomic mass is 16.5. The maximum absolute atomic E-state index is 5.97. The van der Waals surface area contributed by atoms with E-state index in [2.05, 4.69) is 19.2 Å². The van der Waals surface area contributed by atoms with Gasteiger partial charge in [-0.25, -0.2) is 0 Å². The molecule has 2 unspecified atom stereocenters. The van der Waals surface area contributed by atoms with Crippen LogP contribution in [0.4, 0.5) is 0 Å². The Hall–Kier alpha value is -0.120. The molecule has 1 saturated carbocycles. The van der Waals surface area contributed by atoms with Gasteiger partial charge in [0.05, 0.1) is 13.2 Å². The molecule has 1 aliphatic carbocycles. The molecule has 0 aromatic rings. The molecule has 1 N–H and O–H groups in total. The van der Waals surface area contributed by atoms with Crippen LogP contribution < -0.4 is 5.32 Å². The van der Waals surface area contributed by atoms with Crippen LogP contribution in [-0.4, -0.2) is 32.1 Å². The fraction of sp³-hybridized carbons (Fsp3) is 1.00. The van der Waals surface area contributed by atoms with Crippen molar-refractivity contribution in [3.05, 3.63) is 0 Å². The molecule has 1 spiro atoms. The molecule has 0 amide bonds. The second kappa shape index (κ2) is 4.04. The number of nitrogens with one attached hydrogen (secondary N) is 1. The molecule has 88 valence electrons. The zero-order chi connectivity index (χ0) is 10.9. The van der Waals surface area contributed by atoms with Gasteiger partial charge in [0.2, 0.25) is 0 Å². The second-order valence-corrected chi connectivity index (χ2v) is 5.77. The van der Waals surface area contributed by atoms with Crippen LogP contribution in [0.25, 0.3) is 0 Å². The van der Waals surface area contributed by atoms with E-state index < -0.39 is 0 Å². The lowest BCUT2D eigenvalue weighted by Crippen LogP contribution is -2.56. The summed E-state index contributed by atoms with van der Waals surface area (Å²) in [6, 6.07) is 0.470. The Bertz CT molecular complexity index is 228. The normalized spacial score (nSPS) is 39.8. The van der Waals surface area contributed by atoms with Crippen molar-refractivity contribution >= 4 is 0 Å². The molecule has 15 heavy (non-hydrogen) atoms. The standard InChI is InChI=1S/C12H23NO2/c1-11(2)5-6-12(9-11)13-10(8-14-3)4-7-15-12/h10,13H,4-9H2,1-3H3. The van der Waals surface area contributed by atoms with Gasteiger partial charge in [0.25, 0.3) is 0 Å². The Morgan fingerprint density at radius 3 is 2.80 bits per heavy atom. The Kier molecular flexibility index (Phi) is 3.06. The minimum Gasteiger partial charge on any atom is -0.383 e. The van der Waals surface area contributed by atoms with Crippen molar-refractivity contribution in [1.29, 1.82) is 0 Å². The number of ether oxygens (including phenoxy) is 2. The van der Waals surface area contributed by atoms with Gasteiger partial charge in [-0.3, -0.25) is 5.32 Å². The van der Waals surface area contributed by atoms with Gasteiger partial charge < -0.3 is 9.47 Å². The third-order valence-electron chi connectivity index (χ3n) is 3.65. The third kappa shape index (κ3) is 2.52. The minimum atomic E-state index is -0.0506. The maximum atomic E-state index is 5.97. The fourth-order valence-electron chi connectivity index (χ4n) is 2.95. The summed E-state index contributed by atoms with van der Waals surface area (Å²) < 4.78 is 11.2. The van der Waals surface area contributed by atoms with Gasteiger partial charge in [-0.15, -0.1) is 0 Å². The molecular weight excluding hydrogens is 190 g/mol. The van der Waals surface area contributed by atoms with E-state index in [-0.39, 0.29) is 5.72 Å². The van der Waals surface area contributed by atoms with Crippen LogP contribution in [0, 0.1) is 5.41 Å². The predicted octanol–water partition coefficient (Wildman–Crippen LogP) is 1.92. The van der Waals surface area contributed by atoms with Gasteiger partial charge in [0.1, 0.15) is 5.72 Å². The van der Waals surface area contributed by atoms with Gasteiger partial charge in [0, 0.05) is 13.2 Å². The monoisotopic (exact) mass is 213 g/mol. The maximum Gasteiger partial charge on any atom is 0.120 e. The zero-order valence-electron chi connectivity index (χ0n) is 10.1. The number of hydrogen-bond acceptors (Lipinski definition) is 3. The van der Waals surface area contributed by atoms with Crippen molar-refractivity contribution in [3.63, 3.8) is 0 Å². The highest BCUT2D eigenvalue weighted by Crippen LogP contribution is 2.45. The van der Waals surface area contributed by atoms with Crippen molar-refractivity contribution in [2.45, 2.75) is 51.3 Å². The van der Waals surface area contributed by atoms with Gasteiger partial charge in [-0.1, -0.05) is 13.8 Å². The van der Waals surface area contributed by atoms with Crippen LogP contribution in [0.1, 0.15) is 39.5 Å². The first-order valence-corrected chi connectivity index (χ1v) is 5.96. The minimum absolute atomic E-state index is 0.0506. The summed E-state index contributed by atoms with van der Waals surface area (Å²) in [5.74, 6) is 0. The van der Waals surface area contributed by atoms with Crippen LogP contribution in [0.15, 0.2) is 0 Å². The van der Waals surface area contributed by atoms with Crippen molar-refractivity contribution in [3.8, 4) is 0 Å². The van der Waals surface area contributed by atoms with Crippen LogP contribution in [-0.2, 0) is 9.47 Å². The van der Waals surface area contributed by atoms with E-state index in [0.29, 0.717) is 11.5 Å². The number of methoxy groups -OCH3 is 1. The summed E-state index contributed by atoms with van der Waals surface area (Å²) in [6.45, 7) is 6.32. The molecule has 0 bridgehead atoms. The van der Waals surface area contributed by atoms with E-state index in [4.69, 9.17) is 9.47 Å². The molecule has 3 heteroatoms. The van der Waals surface area contributed by atoms with Crippen LogP contribution in [0.5, 0.6) is 0 Å². The van der Waals surface area contributed by atoms with Gasteiger partial charge in [0.15, 0.2) is 0 Å². The van der Waals surface area contributed by atoms with Gasteiger partial charge in [-0.05, 0) is 31.1 Å². The summed E-state index contributed by atoms with van der Waals surface area (Å²) in [6.07, 6.45) is 4.58. The van der Waals surface area contributed by atoms with Crippen LogP contribution >= 0.6 is 0 Å². The fourth-order valence-corrected chi connectivity index (χ4v) is 2.95. The summed E-state index contributed by atoms with van der Waals surface area (Å²) >= 11 is 0. The Labute approximate surface area is 92.5 Å². The molecule has 3 nitrogen and oxygen atoms in total. The second-order valence-electron chi connectivity index (χ2n) is 5.77.